The first-order chi connectivity index (χ1) is 12.8. The molecule has 0 atom stereocenters. The van der Waals surface area contributed by atoms with Crippen LogP contribution < -0.4 is 4.72 Å². The fourth-order valence-corrected chi connectivity index (χ4v) is 5.02. The SMILES string of the molecule is CCCN(CCC)C(=O)Cc1nnc(NS(=O)(=O)c2cccc(Cl)c2C)s1. The average molecular weight is 431 g/mol. The second-order valence-corrected chi connectivity index (χ2v) is 9.15. The Morgan fingerprint density at radius 3 is 2.52 bits per heavy atom. The summed E-state index contributed by atoms with van der Waals surface area (Å²) in [6.07, 6.45) is 1.87. The fraction of sp³-hybridized carbons (Fsp3) is 0.471. The van der Waals surface area contributed by atoms with Crippen LogP contribution in [0.15, 0.2) is 23.1 Å². The van der Waals surface area contributed by atoms with E-state index in [9.17, 15) is 13.2 Å². The smallest absolute Gasteiger partial charge is 0.264 e. The number of anilines is 1. The lowest BCUT2D eigenvalue weighted by Gasteiger charge is -2.20. The maximum absolute atomic E-state index is 12.6. The Morgan fingerprint density at radius 1 is 1.22 bits per heavy atom. The largest absolute Gasteiger partial charge is 0.342 e. The molecule has 1 heterocycles. The molecule has 1 N–H and O–H groups in total. The van der Waals surface area contributed by atoms with Gasteiger partial charge >= 0.3 is 0 Å². The van der Waals surface area contributed by atoms with E-state index in [0.29, 0.717) is 28.7 Å². The van der Waals surface area contributed by atoms with Crippen LogP contribution in [0.25, 0.3) is 0 Å². The highest BCUT2D eigenvalue weighted by Crippen LogP contribution is 2.26. The Hall–Kier alpha value is -1.71. The zero-order valence-corrected chi connectivity index (χ0v) is 17.9. The number of nitrogens with zero attached hydrogens (tertiary/aromatic N) is 3. The number of rotatable bonds is 9. The molecule has 2 rings (SSSR count). The van der Waals surface area contributed by atoms with Crippen molar-refractivity contribution in [2.45, 2.75) is 44.9 Å². The summed E-state index contributed by atoms with van der Waals surface area (Å²) in [6, 6.07) is 4.68. The van der Waals surface area contributed by atoms with Gasteiger partial charge in [-0.15, -0.1) is 10.2 Å². The molecule has 7 nitrogen and oxygen atoms in total. The monoisotopic (exact) mass is 430 g/mol. The molecule has 0 aliphatic heterocycles. The summed E-state index contributed by atoms with van der Waals surface area (Å²) in [6.45, 7) is 7.06. The number of carbonyl (C=O) groups excluding carboxylic acids is 1. The van der Waals surface area contributed by atoms with Gasteiger partial charge in [0, 0.05) is 18.1 Å². The van der Waals surface area contributed by atoms with E-state index >= 15 is 0 Å². The molecule has 10 heteroatoms. The molecule has 148 valence electrons. The highest BCUT2D eigenvalue weighted by atomic mass is 35.5. The van der Waals surface area contributed by atoms with Gasteiger partial charge in [-0.25, -0.2) is 8.42 Å². The van der Waals surface area contributed by atoms with Crippen LogP contribution in [-0.2, 0) is 21.2 Å². The van der Waals surface area contributed by atoms with Gasteiger partial charge in [-0.2, -0.15) is 0 Å². The fourth-order valence-electron chi connectivity index (χ4n) is 2.56. The predicted octanol–water partition coefficient (Wildman–Crippen LogP) is 3.49. The summed E-state index contributed by atoms with van der Waals surface area (Å²) in [5.41, 5.74) is 0.460. The van der Waals surface area contributed by atoms with Crippen LogP contribution in [-0.4, -0.2) is 42.5 Å². The van der Waals surface area contributed by atoms with Gasteiger partial charge in [0.05, 0.1) is 11.3 Å². The summed E-state index contributed by atoms with van der Waals surface area (Å²) >= 11 is 7.06. The van der Waals surface area contributed by atoms with Crippen LogP contribution in [0.2, 0.25) is 5.02 Å². The van der Waals surface area contributed by atoms with Gasteiger partial charge in [0.1, 0.15) is 5.01 Å². The lowest BCUT2D eigenvalue weighted by Crippen LogP contribution is -2.33. The van der Waals surface area contributed by atoms with Gasteiger partial charge in [-0.05, 0) is 37.5 Å². The number of hydrogen-bond donors (Lipinski definition) is 1. The van der Waals surface area contributed by atoms with Crippen molar-refractivity contribution in [1.82, 2.24) is 15.1 Å². The van der Waals surface area contributed by atoms with Crippen LogP contribution >= 0.6 is 22.9 Å². The van der Waals surface area contributed by atoms with Crippen molar-refractivity contribution >= 4 is 44.0 Å². The summed E-state index contributed by atoms with van der Waals surface area (Å²) in [5.74, 6) is -0.0325. The Balaban J connectivity index is 2.11. The number of aromatic nitrogens is 2. The summed E-state index contributed by atoms with van der Waals surface area (Å²) in [4.78, 5) is 14.3. The van der Waals surface area contributed by atoms with Crippen molar-refractivity contribution in [3.63, 3.8) is 0 Å². The van der Waals surface area contributed by atoms with Crippen LogP contribution in [0.1, 0.15) is 37.3 Å². The molecule has 27 heavy (non-hydrogen) atoms. The first kappa shape index (κ1) is 21.6. The topological polar surface area (TPSA) is 92.3 Å². The quantitative estimate of drug-likeness (QED) is 0.657. The number of amides is 1. The standard InChI is InChI=1S/C17H23ClN4O3S2/c1-4-9-22(10-5-2)16(23)11-15-19-20-17(26-15)21-27(24,25)14-8-6-7-13(18)12(14)3/h6-8H,4-5,9-11H2,1-3H3,(H,20,21). The van der Waals surface area contributed by atoms with E-state index in [1.807, 2.05) is 13.8 Å². The minimum Gasteiger partial charge on any atom is -0.342 e. The molecule has 0 spiro atoms. The first-order valence-corrected chi connectivity index (χ1v) is 11.3. The van der Waals surface area contributed by atoms with Crippen LogP contribution in [0.5, 0.6) is 0 Å². The highest BCUT2D eigenvalue weighted by molar-refractivity contribution is 7.93. The zero-order chi connectivity index (χ0) is 20.0. The van der Waals surface area contributed by atoms with Crippen molar-refractivity contribution < 1.29 is 13.2 Å². The molecule has 2 aromatic rings. The summed E-state index contributed by atoms with van der Waals surface area (Å²) in [7, 11) is -3.84. The highest BCUT2D eigenvalue weighted by Gasteiger charge is 2.21. The van der Waals surface area contributed by atoms with Crippen molar-refractivity contribution in [2.24, 2.45) is 0 Å². The van der Waals surface area contributed by atoms with Crippen molar-refractivity contribution in [2.75, 3.05) is 17.8 Å². The predicted molar refractivity (Wildman–Crippen MR) is 108 cm³/mol. The van der Waals surface area contributed by atoms with Crippen molar-refractivity contribution in [1.29, 1.82) is 0 Å². The van der Waals surface area contributed by atoms with Gasteiger partial charge < -0.3 is 4.90 Å². The van der Waals surface area contributed by atoms with E-state index in [1.54, 1.807) is 24.0 Å². The van der Waals surface area contributed by atoms with Crippen LogP contribution in [0, 0.1) is 6.92 Å². The molecule has 1 aromatic carbocycles. The number of benzene rings is 1. The maximum atomic E-state index is 12.6. The number of hydrogen-bond acceptors (Lipinski definition) is 6. The second-order valence-electron chi connectivity index (χ2n) is 6.03. The zero-order valence-electron chi connectivity index (χ0n) is 15.5. The van der Waals surface area contributed by atoms with E-state index < -0.39 is 10.0 Å². The van der Waals surface area contributed by atoms with Crippen molar-refractivity contribution in [3.8, 4) is 0 Å². The number of nitrogens with one attached hydrogen (secondary N) is 1. The normalized spacial score (nSPS) is 11.4. The Labute approximate surface area is 168 Å². The molecule has 0 radical (unpaired) electrons. The van der Waals surface area contributed by atoms with Gasteiger partial charge in [0.25, 0.3) is 10.0 Å². The van der Waals surface area contributed by atoms with E-state index in [2.05, 4.69) is 14.9 Å². The van der Waals surface area contributed by atoms with Crippen LogP contribution in [0.3, 0.4) is 0 Å². The molecule has 0 unspecified atom stereocenters. The van der Waals surface area contributed by atoms with Gasteiger partial charge in [-0.3, -0.25) is 9.52 Å². The van der Waals surface area contributed by atoms with E-state index in [4.69, 9.17) is 11.6 Å². The third-order valence-corrected chi connectivity index (χ3v) is 6.70. The van der Waals surface area contributed by atoms with Gasteiger partial charge in [-0.1, -0.05) is 42.9 Å². The molecule has 1 amide bonds. The Bertz CT molecular complexity index is 893. The van der Waals surface area contributed by atoms with Gasteiger partial charge in [0.2, 0.25) is 11.0 Å². The molecule has 0 bridgehead atoms. The Kier molecular flexibility index (Phi) is 7.58. The number of carbonyl (C=O) groups is 1. The second kappa shape index (κ2) is 9.48. The minimum absolute atomic E-state index is 0.0325. The first-order valence-electron chi connectivity index (χ1n) is 8.66. The number of halogens is 1. The minimum atomic E-state index is -3.84. The van der Waals surface area contributed by atoms with Crippen LogP contribution in [0.4, 0.5) is 5.13 Å². The molecule has 1 aromatic heterocycles. The molecule has 0 aliphatic rings. The molecule has 0 saturated carbocycles. The molecular weight excluding hydrogens is 408 g/mol. The molecule has 0 fully saturated rings. The van der Waals surface area contributed by atoms with E-state index in [1.165, 1.54) is 6.07 Å². The summed E-state index contributed by atoms with van der Waals surface area (Å²) in [5, 5.41) is 8.76. The molecular formula is C17H23ClN4O3S2. The average Bonchev–Trinajstić information content (AvgIpc) is 3.03. The lowest BCUT2D eigenvalue weighted by molar-refractivity contribution is -0.130. The molecule has 0 saturated heterocycles. The Morgan fingerprint density at radius 2 is 1.89 bits per heavy atom. The number of sulfonamides is 1. The third-order valence-electron chi connectivity index (χ3n) is 3.84. The summed E-state index contributed by atoms with van der Waals surface area (Å²) < 4.78 is 27.6. The molecule has 0 aliphatic carbocycles. The van der Waals surface area contributed by atoms with Crippen molar-refractivity contribution in [3.05, 3.63) is 33.8 Å². The maximum Gasteiger partial charge on any atom is 0.264 e. The van der Waals surface area contributed by atoms with Gasteiger partial charge in [0.15, 0.2) is 0 Å². The third kappa shape index (κ3) is 5.63. The lowest BCUT2D eigenvalue weighted by atomic mass is 10.2. The van der Waals surface area contributed by atoms with E-state index in [0.717, 1.165) is 24.2 Å². The van der Waals surface area contributed by atoms with E-state index in [-0.39, 0.29) is 22.4 Å².